The summed E-state index contributed by atoms with van der Waals surface area (Å²) in [6, 6.07) is 6.64. The van der Waals surface area contributed by atoms with E-state index < -0.39 is 122 Å². The largest absolute Gasteiger partial charge is 0.505 e. The SMILES string of the molecule is O=C(CCC(F)(F)C(F)(F)C(F)(F)C(F)(F)C(F)(F)C(F)(F)C(F)(F)C(F)(F)F)Nc1ccc2c(O)c(N=Nc3cccc(P(=O)(O)O)c3)c(S(=O)(=O)O)cc2c1. The molecular weight excluding hydrogens is 880 g/mol. The average molecular weight is 897 g/mol. The number of phenolic OH excluding ortho intramolecular Hbond substituents is 1. The minimum atomic E-state index is -8.82. The number of nitrogens with one attached hydrogen (secondary N) is 1. The van der Waals surface area contributed by atoms with Crippen LogP contribution in [0.2, 0.25) is 0 Å². The Labute approximate surface area is 304 Å². The van der Waals surface area contributed by atoms with Crippen molar-refractivity contribution in [2.45, 2.75) is 65.4 Å². The highest BCUT2D eigenvalue weighted by Crippen LogP contribution is 2.64. The summed E-state index contributed by atoms with van der Waals surface area (Å²) in [7, 11) is -10.2. The lowest BCUT2D eigenvalue weighted by Gasteiger charge is -2.42. The molecule has 30 heteroatoms. The number of rotatable bonds is 14. The van der Waals surface area contributed by atoms with Gasteiger partial charge in [-0.05, 0) is 47.9 Å². The molecule has 5 N–H and O–H groups in total. The first-order valence-electron chi connectivity index (χ1n) is 14.2. The van der Waals surface area contributed by atoms with Crippen LogP contribution < -0.4 is 10.6 Å². The first kappa shape index (κ1) is 47.0. The Morgan fingerprint density at radius 3 is 1.70 bits per heavy atom. The molecule has 57 heavy (non-hydrogen) atoms. The van der Waals surface area contributed by atoms with Crippen molar-refractivity contribution < 1.29 is 112 Å². The Morgan fingerprint density at radius 1 is 0.702 bits per heavy atom. The molecule has 0 fully saturated rings. The molecular formula is C27H17F17N3O8PS. The summed E-state index contributed by atoms with van der Waals surface area (Å²) in [5.74, 6) is -61.1. The van der Waals surface area contributed by atoms with Crippen molar-refractivity contribution in [2.75, 3.05) is 5.32 Å². The summed E-state index contributed by atoms with van der Waals surface area (Å²) >= 11 is 0. The zero-order valence-electron chi connectivity index (χ0n) is 26.6. The molecule has 0 aliphatic carbocycles. The first-order valence-corrected chi connectivity index (χ1v) is 17.2. The minimum Gasteiger partial charge on any atom is -0.505 e. The van der Waals surface area contributed by atoms with Gasteiger partial charge in [-0.25, -0.2) is 0 Å². The third kappa shape index (κ3) is 8.20. The van der Waals surface area contributed by atoms with Gasteiger partial charge in [0.25, 0.3) is 10.1 Å². The van der Waals surface area contributed by atoms with E-state index in [4.69, 9.17) is 0 Å². The minimum absolute atomic E-state index is 0.333. The zero-order chi connectivity index (χ0) is 44.4. The molecule has 0 radical (unpaired) electrons. The molecule has 0 unspecified atom stereocenters. The molecule has 0 heterocycles. The molecule has 3 rings (SSSR count). The molecule has 0 atom stereocenters. The predicted octanol–water partition coefficient (Wildman–Crippen LogP) is 8.74. The van der Waals surface area contributed by atoms with E-state index in [0.29, 0.717) is 12.1 Å². The summed E-state index contributed by atoms with van der Waals surface area (Å²) in [5, 5.41) is 17.7. The van der Waals surface area contributed by atoms with Crippen LogP contribution in [-0.2, 0) is 19.5 Å². The number of hydrogen-bond donors (Lipinski definition) is 5. The van der Waals surface area contributed by atoms with E-state index >= 15 is 0 Å². The van der Waals surface area contributed by atoms with Gasteiger partial charge in [0, 0.05) is 23.9 Å². The maximum Gasteiger partial charge on any atom is 0.460 e. The number of aromatic hydroxyl groups is 1. The third-order valence-electron chi connectivity index (χ3n) is 7.50. The van der Waals surface area contributed by atoms with Crippen LogP contribution in [0.5, 0.6) is 5.75 Å². The molecule has 0 aliphatic rings. The number of anilines is 1. The maximum absolute atomic E-state index is 14.3. The number of nitrogens with zero attached hydrogens (tertiary/aromatic N) is 2. The van der Waals surface area contributed by atoms with E-state index in [1.165, 1.54) is 0 Å². The number of carbonyl (C=O) groups is 1. The number of alkyl halides is 17. The Morgan fingerprint density at radius 2 is 1.21 bits per heavy atom. The van der Waals surface area contributed by atoms with Crippen molar-refractivity contribution in [3.8, 4) is 5.75 Å². The van der Waals surface area contributed by atoms with Crippen LogP contribution in [0, 0.1) is 0 Å². The topological polar surface area (TPSA) is 186 Å². The molecule has 11 nitrogen and oxygen atoms in total. The summed E-state index contributed by atoms with van der Waals surface area (Å²) in [5.41, 5.74) is -2.03. The molecule has 0 saturated carbocycles. The standard InChI is InChI=1S/C27H17F17N3O8PS/c28-20(29,21(30,31)22(32,33)23(34,35)24(36,37)25(38,39)26(40,41)27(42,43)44)7-6-17(48)45-12-4-5-15-11(8-12)9-16(57(53,54)55)18(19(15)49)47-46-13-2-1-3-14(10-13)56(50,51)52/h1-5,8-10,49H,6-7H2,(H,45,48)(H2,50,51,52)(H,53,54,55). The van der Waals surface area contributed by atoms with Crippen molar-refractivity contribution in [2.24, 2.45) is 10.2 Å². The molecule has 0 spiro atoms. The molecule has 0 aromatic heterocycles. The van der Waals surface area contributed by atoms with Crippen LogP contribution in [0.15, 0.2) is 63.7 Å². The molecule has 3 aromatic rings. The number of phenols is 1. The molecule has 318 valence electrons. The molecule has 3 aromatic carbocycles. The van der Waals surface area contributed by atoms with Gasteiger partial charge in [-0.15, -0.1) is 5.11 Å². The van der Waals surface area contributed by atoms with Crippen LogP contribution in [0.25, 0.3) is 10.8 Å². The number of hydrogen-bond acceptors (Lipinski definition) is 7. The average Bonchev–Trinajstić information content (AvgIpc) is 3.05. The number of halogens is 17. The zero-order valence-corrected chi connectivity index (χ0v) is 28.3. The summed E-state index contributed by atoms with van der Waals surface area (Å²) < 4.78 is 275. The molecule has 0 saturated heterocycles. The van der Waals surface area contributed by atoms with Gasteiger partial charge in [0.1, 0.15) is 10.6 Å². The van der Waals surface area contributed by atoms with E-state index in [1.807, 2.05) is 0 Å². The van der Waals surface area contributed by atoms with Crippen molar-refractivity contribution >= 4 is 56.8 Å². The van der Waals surface area contributed by atoms with Gasteiger partial charge < -0.3 is 20.2 Å². The van der Waals surface area contributed by atoms with Gasteiger partial charge in [0.2, 0.25) is 5.91 Å². The van der Waals surface area contributed by atoms with Crippen LogP contribution in [0.4, 0.5) is 91.7 Å². The van der Waals surface area contributed by atoms with Crippen molar-refractivity contribution in [1.82, 2.24) is 0 Å². The number of amides is 1. The fourth-order valence-corrected chi connectivity index (χ4v) is 5.65. The van der Waals surface area contributed by atoms with E-state index in [0.717, 1.165) is 36.4 Å². The highest BCUT2D eigenvalue weighted by molar-refractivity contribution is 7.86. The summed E-state index contributed by atoms with van der Waals surface area (Å²) in [6.45, 7) is 0. The van der Waals surface area contributed by atoms with Gasteiger partial charge in [-0.3, -0.25) is 13.9 Å². The highest BCUT2D eigenvalue weighted by Gasteiger charge is 2.95. The smallest absolute Gasteiger partial charge is 0.460 e. The first-order chi connectivity index (χ1) is 25.3. The fraction of sp³-hybridized carbons (Fsp3) is 0.370. The Bertz CT molecular complexity index is 2250. The second-order valence-electron chi connectivity index (χ2n) is 11.4. The third-order valence-corrected chi connectivity index (χ3v) is 9.32. The molecule has 0 aliphatic heterocycles. The quantitative estimate of drug-likeness (QED) is 0.0460. The van der Waals surface area contributed by atoms with Crippen LogP contribution >= 0.6 is 7.60 Å². The van der Waals surface area contributed by atoms with E-state index in [2.05, 4.69) is 10.2 Å². The lowest BCUT2D eigenvalue weighted by molar-refractivity contribution is -0.461. The van der Waals surface area contributed by atoms with E-state index in [1.54, 1.807) is 5.32 Å². The Kier molecular flexibility index (Phi) is 12.0. The maximum atomic E-state index is 14.3. The second kappa shape index (κ2) is 14.5. The lowest BCUT2D eigenvalue weighted by Crippen LogP contribution is -2.74. The Hall–Kier alpha value is -4.34. The summed E-state index contributed by atoms with van der Waals surface area (Å²) in [6.07, 6.45) is -13.2. The van der Waals surface area contributed by atoms with Crippen LogP contribution in [0.1, 0.15) is 12.8 Å². The second-order valence-corrected chi connectivity index (χ2v) is 14.4. The van der Waals surface area contributed by atoms with Crippen molar-refractivity contribution in [3.05, 3.63) is 48.5 Å². The van der Waals surface area contributed by atoms with E-state index in [-0.39, 0.29) is 5.69 Å². The highest BCUT2D eigenvalue weighted by atomic mass is 32.2. The van der Waals surface area contributed by atoms with Gasteiger partial charge in [0.05, 0.1) is 11.0 Å². The molecule has 1 amide bonds. The van der Waals surface area contributed by atoms with E-state index in [9.17, 15) is 112 Å². The fourth-order valence-electron chi connectivity index (χ4n) is 4.41. The van der Waals surface area contributed by atoms with Gasteiger partial charge in [-0.2, -0.15) is 88.2 Å². The number of fused-ring (bicyclic) bond motifs is 1. The van der Waals surface area contributed by atoms with Crippen molar-refractivity contribution in [1.29, 1.82) is 0 Å². The number of azo groups is 1. The summed E-state index contributed by atoms with van der Waals surface area (Å²) in [4.78, 5) is 29.5. The number of benzene rings is 3. The van der Waals surface area contributed by atoms with Gasteiger partial charge in [0.15, 0.2) is 5.75 Å². The normalized spacial score (nSPS) is 14.7. The lowest BCUT2D eigenvalue weighted by atomic mass is 9.88. The monoisotopic (exact) mass is 897 g/mol. The molecule has 0 bridgehead atoms. The predicted molar refractivity (Wildman–Crippen MR) is 156 cm³/mol. The van der Waals surface area contributed by atoms with Crippen LogP contribution in [-0.4, -0.2) is 81.4 Å². The van der Waals surface area contributed by atoms with Crippen molar-refractivity contribution in [3.63, 3.8) is 0 Å². The number of carbonyl (C=O) groups excluding carboxylic acids is 1. The Balaban J connectivity index is 1.91. The van der Waals surface area contributed by atoms with Gasteiger partial charge >= 0.3 is 55.2 Å². The van der Waals surface area contributed by atoms with Crippen LogP contribution in [0.3, 0.4) is 0 Å². The van der Waals surface area contributed by atoms with Gasteiger partial charge in [-0.1, -0.05) is 6.07 Å².